The second kappa shape index (κ2) is 8.54. The minimum atomic E-state index is -0.984. The first-order chi connectivity index (χ1) is 11.9. The number of carboxylic acids is 1. The maximum absolute atomic E-state index is 12.3. The number of nitrogens with zero attached hydrogens (tertiary/aromatic N) is 1. The van der Waals surface area contributed by atoms with E-state index in [0.717, 1.165) is 11.3 Å². The van der Waals surface area contributed by atoms with Gasteiger partial charge < -0.3 is 19.5 Å². The Labute approximate surface area is 152 Å². The number of carboxylic acid groups (broad SMARTS) is 1. The molecule has 1 fully saturated rings. The highest BCUT2D eigenvalue weighted by molar-refractivity contribution is 6.31. The summed E-state index contributed by atoms with van der Waals surface area (Å²) in [7, 11) is 1.48. The van der Waals surface area contributed by atoms with Crippen molar-refractivity contribution >= 4 is 23.5 Å². The van der Waals surface area contributed by atoms with Gasteiger partial charge in [0.1, 0.15) is 11.2 Å². The van der Waals surface area contributed by atoms with Crippen molar-refractivity contribution in [2.24, 2.45) is 5.41 Å². The summed E-state index contributed by atoms with van der Waals surface area (Å²) in [4.78, 5) is 25.4. The average molecular weight is 370 g/mol. The van der Waals surface area contributed by atoms with Gasteiger partial charge in [-0.15, -0.1) is 0 Å². The second-order valence-corrected chi connectivity index (χ2v) is 6.85. The van der Waals surface area contributed by atoms with Crippen LogP contribution >= 0.6 is 11.6 Å². The van der Waals surface area contributed by atoms with Gasteiger partial charge in [0.25, 0.3) is 0 Å². The van der Waals surface area contributed by atoms with Crippen LogP contribution in [0.25, 0.3) is 0 Å². The molecular weight excluding hydrogens is 346 g/mol. The van der Waals surface area contributed by atoms with Gasteiger partial charge >= 0.3 is 5.97 Å². The molecule has 0 aromatic heterocycles. The summed E-state index contributed by atoms with van der Waals surface area (Å²) >= 11 is 5.97. The predicted molar refractivity (Wildman–Crippen MR) is 94.1 cm³/mol. The van der Waals surface area contributed by atoms with E-state index < -0.39 is 11.4 Å². The van der Waals surface area contributed by atoms with Gasteiger partial charge in [-0.3, -0.25) is 9.59 Å². The van der Waals surface area contributed by atoms with E-state index in [0.29, 0.717) is 37.4 Å². The zero-order valence-corrected chi connectivity index (χ0v) is 15.3. The van der Waals surface area contributed by atoms with Gasteiger partial charge in [-0.25, -0.2) is 0 Å². The van der Waals surface area contributed by atoms with Crippen LogP contribution in [0, 0.1) is 12.3 Å². The lowest BCUT2D eigenvalue weighted by Crippen LogP contribution is -2.40. The van der Waals surface area contributed by atoms with Crippen LogP contribution in [0.15, 0.2) is 18.2 Å². The number of benzene rings is 1. The lowest BCUT2D eigenvalue weighted by atomic mass is 9.88. The molecule has 0 spiro atoms. The van der Waals surface area contributed by atoms with Gasteiger partial charge in [-0.1, -0.05) is 11.6 Å². The highest BCUT2D eigenvalue weighted by Crippen LogP contribution is 2.31. The van der Waals surface area contributed by atoms with Crippen LogP contribution in [0.4, 0.5) is 0 Å². The van der Waals surface area contributed by atoms with Crippen molar-refractivity contribution in [2.45, 2.75) is 26.2 Å². The van der Waals surface area contributed by atoms with Gasteiger partial charge in [0.05, 0.1) is 13.2 Å². The van der Waals surface area contributed by atoms with Crippen molar-refractivity contribution < 1.29 is 24.2 Å². The van der Waals surface area contributed by atoms with Crippen LogP contribution in [0.2, 0.25) is 5.02 Å². The molecule has 2 rings (SSSR count). The standard InChI is InChI=1S/C18H24ClNO5/c1-13-10-14(5-6-15(13)19)25-9-3-4-16(21)20-8-7-18(11-20,12-24-2)17(22)23/h5-6,10H,3-4,7-9,11-12H2,1-2H3,(H,22,23). The normalized spacial score (nSPS) is 19.9. The number of hydrogen-bond donors (Lipinski definition) is 1. The quantitative estimate of drug-likeness (QED) is 0.713. The van der Waals surface area contributed by atoms with Gasteiger partial charge in [0.15, 0.2) is 0 Å². The Morgan fingerprint density at radius 2 is 2.16 bits per heavy atom. The van der Waals surface area contributed by atoms with Crippen molar-refractivity contribution in [3.05, 3.63) is 28.8 Å². The molecule has 0 bridgehead atoms. The minimum Gasteiger partial charge on any atom is -0.494 e. The fourth-order valence-electron chi connectivity index (χ4n) is 2.99. The first-order valence-electron chi connectivity index (χ1n) is 8.27. The van der Waals surface area contributed by atoms with Crippen molar-refractivity contribution in [3.8, 4) is 5.75 Å². The Morgan fingerprint density at radius 1 is 1.40 bits per heavy atom. The molecule has 1 N–H and O–H groups in total. The number of hydrogen-bond acceptors (Lipinski definition) is 4. The third-order valence-corrected chi connectivity index (χ3v) is 4.94. The summed E-state index contributed by atoms with van der Waals surface area (Å²) in [6.07, 6.45) is 1.32. The fourth-order valence-corrected chi connectivity index (χ4v) is 3.11. The number of carbonyl (C=O) groups excluding carboxylic acids is 1. The number of amides is 1. The van der Waals surface area contributed by atoms with E-state index in [9.17, 15) is 14.7 Å². The smallest absolute Gasteiger partial charge is 0.313 e. The Hall–Kier alpha value is -1.79. The van der Waals surface area contributed by atoms with E-state index in [1.165, 1.54) is 7.11 Å². The number of methoxy groups -OCH3 is 1. The Kier molecular flexibility index (Phi) is 6.67. The van der Waals surface area contributed by atoms with Crippen LogP contribution in [-0.4, -0.2) is 55.3 Å². The molecule has 1 aliphatic heterocycles. The van der Waals surface area contributed by atoms with Crippen molar-refractivity contribution in [1.29, 1.82) is 0 Å². The summed E-state index contributed by atoms with van der Waals surface area (Å²) in [5, 5.41) is 10.1. The molecule has 1 saturated heterocycles. The summed E-state index contributed by atoms with van der Waals surface area (Å²) in [6.45, 7) is 3.09. The van der Waals surface area contributed by atoms with E-state index in [1.807, 2.05) is 13.0 Å². The molecule has 0 aliphatic carbocycles. The molecular formula is C18H24ClNO5. The molecule has 1 amide bonds. The van der Waals surface area contributed by atoms with Crippen LogP contribution in [-0.2, 0) is 14.3 Å². The topological polar surface area (TPSA) is 76.1 Å². The molecule has 1 aliphatic rings. The SMILES string of the molecule is COCC1(C(=O)O)CCN(C(=O)CCCOc2ccc(Cl)c(C)c2)C1. The zero-order valence-electron chi connectivity index (χ0n) is 14.6. The molecule has 25 heavy (non-hydrogen) atoms. The average Bonchev–Trinajstić information content (AvgIpc) is 3.01. The van der Waals surface area contributed by atoms with E-state index in [4.69, 9.17) is 21.1 Å². The van der Waals surface area contributed by atoms with Crippen molar-refractivity contribution in [2.75, 3.05) is 33.4 Å². The summed E-state index contributed by atoms with van der Waals surface area (Å²) in [6, 6.07) is 5.43. The maximum atomic E-state index is 12.3. The van der Waals surface area contributed by atoms with E-state index in [2.05, 4.69) is 0 Å². The maximum Gasteiger partial charge on any atom is 0.313 e. The van der Waals surface area contributed by atoms with Crippen LogP contribution < -0.4 is 4.74 Å². The van der Waals surface area contributed by atoms with Gasteiger partial charge in [0, 0.05) is 31.6 Å². The van der Waals surface area contributed by atoms with Gasteiger partial charge in [-0.2, -0.15) is 0 Å². The van der Waals surface area contributed by atoms with Crippen molar-refractivity contribution in [1.82, 2.24) is 4.90 Å². The Balaban J connectivity index is 1.77. The fraction of sp³-hybridized carbons (Fsp3) is 0.556. The number of aryl methyl sites for hydroxylation is 1. The molecule has 138 valence electrons. The predicted octanol–water partition coefficient (Wildman–Crippen LogP) is 2.76. The number of ether oxygens (including phenoxy) is 2. The lowest BCUT2D eigenvalue weighted by Gasteiger charge is -2.23. The minimum absolute atomic E-state index is 0.0462. The Morgan fingerprint density at radius 3 is 2.80 bits per heavy atom. The number of rotatable bonds is 8. The number of likely N-dealkylation sites (tertiary alicyclic amines) is 1. The second-order valence-electron chi connectivity index (χ2n) is 6.45. The van der Waals surface area contributed by atoms with E-state index in [-0.39, 0.29) is 19.1 Å². The molecule has 1 atom stereocenters. The zero-order chi connectivity index (χ0) is 18.4. The number of halogens is 1. The summed E-state index contributed by atoms with van der Waals surface area (Å²) < 4.78 is 10.7. The number of aliphatic carboxylic acids is 1. The van der Waals surface area contributed by atoms with Crippen LogP contribution in [0.5, 0.6) is 5.75 Å². The largest absolute Gasteiger partial charge is 0.494 e. The molecule has 1 aromatic rings. The first-order valence-corrected chi connectivity index (χ1v) is 8.65. The first kappa shape index (κ1) is 19.5. The third-order valence-electron chi connectivity index (χ3n) is 4.51. The molecule has 7 heteroatoms. The highest BCUT2D eigenvalue weighted by atomic mass is 35.5. The molecule has 6 nitrogen and oxygen atoms in total. The number of carbonyl (C=O) groups is 2. The third kappa shape index (κ3) is 4.86. The molecule has 1 aromatic carbocycles. The lowest BCUT2D eigenvalue weighted by molar-refractivity contribution is -0.151. The van der Waals surface area contributed by atoms with Crippen LogP contribution in [0.1, 0.15) is 24.8 Å². The van der Waals surface area contributed by atoms with E-state index >= 15 is 0 Å². The van der Waals surface area contributed by atoms with Crippen LogP contribution in [0.3, 0.4) is 0 Å². The van der Waals surface area contributed by atoms with Crippen molar-refractivity contribution in [3.63, 3.8) is 0 Å². The monoisotopic (exact) mass is 369 g/mol. The summed E-state index contributed by atoms with van der Waals surface area (Å²) in [5.74, 6) is -0.235. The van der Waals surface area contributed by atoms with Gasteiger partial charge in [-0.05, 0) is 43.5 Å². The molecule has 1 heterocycles. The Bertz CT molecular complexity index is 636. The van der Waals surface area contributed by atoms with E-state index in [1.54, 1.807) is 17.0 Å². The molecule has 0 radical (unpaired) electrons. The molecule has 0 saturated carbocycles. The molecule has 1 unspecified atom stereocenters. The van der Waals surface area contributed by atoms with Gasteiger partial charge in [0.2, 0.25) is 5.91 Å². The highest BCUT2D eigenvalue weighted by Gasteiger charge is 2.46. The summed E-state index contributed by atoms with van der Waals surface area (Å²) in [5.41, 5.74) is -0.0441.